The number of hydrogen-bond acceptors (Lipinski definition) is 3. The molecule has 1 fully saturated rings. The van der Waals surface area contributed by atoms with Gasteiger partial charge in [-0.3, -0.25) is 4.79 Å². The van der Waals surface area contributed by atoms with E-state index in [0.29, 0.717) is 18.7 Å². The van der Waals surface area contributed by atoms with Crippen LogP contribution in [0, 0.1) is 5.41 Å². The van der Waals surface area contributed by atoms with E-state index in [9.17, 15) is 4.79 Å². The van der Waals surface area contributed by atoms with Crippen molar-refractivity contribution in [3.8, 4) is 0 Å². The molecule has 1 aliphatic heterocycles. The normalized spacial score (nSPS) is 17.7. The lowest BCUT2D eigenvalue weighted by Gasteiger charge is -2.37. The van der Waals surface area contributed by atoms with E-state index in [1.165, 1.54) is 0 Å². The Kier molecular flexibility index (Phi) is 5.57. The number of nitrogens with one attached hydrogen (secondary N) is 2. The third kappa shape index (κ3) is 4.04. The van der Waals surface area contributed by atoms with Crippen LogP contribution in [0.1, 0.15) is 23.2 Å². The summed E-state index contributed by atoms with van der Waals surface area (Å²) in [5.74, 6) is -0.0275. The van der Waals surface area contributed by atoms with Gasteiger partial charge in [-0.1, -0.05) is 22.0 Å². The fourth-order valence-corrected chi connectivity index (χ4v) is 3.03. The standard InChI is InChI=1S/C15H21BrN2O2/c1-20-11-15(5-7-17-8-6-15)10-18-14(19)12-3-2-4-13(16)9-12/h2-4,9,17H,5-8,10-11H2,1H3,(H,18,19). The fourth-order valence-electron chi connectivity index (χ4n) is 2.63. The number of piperidine rings is 1. The Labute approximate surface area is 128 Å². The number of rotatable bonds is 5. The van der Waals surface area contributed by atoms with Crippen LogP contribution in [0.2, 0.25) is 0 Å². The molecule has 0 atom stereocenters. The first-order valence-electron chi connectivity index (χ1n) is 6.89. The van der Waals surface area contributed by atoms with E-state index >= 15 is 0 Å². The highest BCUT2D eigenvalue weighted by Crippen LogP contribution is 2.28. The molecule has 20 heavy (non-hydrogen) atoms. The number of hydrogen-bond donors (Lipinski definition) is 2. The van der Waals surface area contributed by atoms with E-state index in [1.54, 1.807) is 7.11 Å². The van der Waals surface area contributed by atoms with Gasteiger partial charge in [0.1, 0.15) is 0 Å². The Hall–Kier alpha value is -0.910. The van der Waals surface area contributed by atoms with Gasteiger partial charge in [-0.25, -0.2) is 0 Å². The van der Waals surface area contributed by atoms with E-state index in [1.807, 2.05) is 24.3 Å². The molecule has 0 spiro atoms. The van der Waals surface area contributed by atoms with Crippen molar-refractivity contribution in [1.82, 2.24) is 10.6 Å². The number of ether oxygens (including phenoxy) is 1. The van der Waals surface area contributed by atoms with Crippen LogP contribution >= 0.6 is 15.9 Å². The molecular weight excluding hydrogens is 320 g/mol. The lowest BCUT2D eigenvalue weighted by atomic mass is 9.79. The highest BCUT2D eigenvalue weighted by atomic mass is 79.9. The lowest BCUT2D eigenvalue weighted by molar-refractivity contribution is 0.0511. The van der Waals surface area contributed by atoms with Crippen LogP contribution < -0.4 is 10.6 Å². The molecule has 0 unspecified atom stereocenters. The highest BCUT2D eigenvalue weighted by Gasteiger charge is 2.32. The first-order valence-corrected chi connectivity index (χ1v) is 7.68. The van der Waals surface area contributed by atoms with Crippen LogP contribution in [-0.2, 0) is 4.74 Å². The first kappa shape index (κ1) is 15.5. The average Bonchev–Trinajstić information content (AvgIpc) is 2.46. The van der Waals surface area contributed by atoms with E-state index < -0.39 is 0 Å². The van der Waals surface area contributed by atoms with E-state index in [0.717, 1.165) is 30.4 Å². The molecule has 110 valence electrons. The summed E-state index contributed by atoms with van der Waals surface area (Å²) >= 11 is 3.39. The Balaban J connectivity index is 1.96. The van der Waals surface area contributed by atoms with Gasteiger partial charge in [-0.2, -0.15) is 0 Å². The van der Waals surface area contributed by atoms with Gasteiger partial charge in [0.25, 0.3) is 5.91 Å². The Morgan fingerprint density at radius 1 is 1.45 bits per heavy atom. The van der Waals surface area contributed by atoms with Crippen LogP contribution in [0.5, 0.6) is 0 Å². The van der Waals surface area contributed by atoms with Crippen LogP contribution in [0.15, 0.2) is 28.7 Å². The SMILES string of the molecule is COCC1(CNC(=O)c2cccc(Br)c2)CCNCC1. The third-order valence-electron chi connectivity index (χ3n) is 3.83. The molecule has 4 nitrogen and oxygen atoms in total. The summed E-state index contributed by atoms with van der Waals surface area (Å²) in [6.07, 6.45) is 2.05. The maximum absolute atomic E-state index is 12.2. The molecule has 5 heteroatoms. The molecule has 1 aliphatic rings. The molecule has 0 saturated carbocycles. The second-order valence-electron chi connectivity index (χ2n) is 5.38. The lowest BCUT2D eigenvalue weighted by Crippen LogP contribution is -2.47. The average molecular weight is 341 g/mol. The molecular formula is C15H21BrN2O2. The number of halogens is 1. The van der Waals surface area contributed by atoms with Gasteiger partial charge in [0, 0.05) is 29.1 Å². The summed E-state index contributed by atoms with van der Waals surface area (Å²) in [6, 6.07) is 7.44. The van der Waals surface area contributed by atoms with Crippen molar-refractivity contribution >= 4 is 21.8 Å². The van der Waals surface area contributed by atoms with Crippen molar-refractivity contribution in [2.75, 3.05) is 33.4 Å². The van der Waals surface area contributed by atoms with Gasteiger partial charge in [0.05, 0.1) is 6.61 Å². The van der Waals surface area contributed by atoms with E-state index in [4.69, 9.17) is 4.74 Å². The van der Waals surface area contributed by atoms with Crippen molar-refractivity contribution in [1.29, 1.82) is 0 Å². The van der Waals surface area contributed by atoms with Crippen LogP contribution in [-0.4, -0.2) is 39.3 Å². The molecule has 1 aromatic rings. The van der Waals surface area contributed by atoms with Gasteiger partial charge < -0.3 is 15.4 Å². The minimum Gasteiger partial charge on any atom is -0.384 e. The third-order valence-corrected chi connectivity index (χ3v) is 4.32. The van der Waals surface area contributed by atoms with Crippen LogP contribution in [0.4, 0.5) is 0 Å². The zero-order chi connectivity index (χ0) is 14.4. The zero-order valence-electron chi connectivity index (χ0n) is 11.7. The number of amides is 1. The molecule has 1 saturated heterocycles. The molecule has 2 rings (SSSR count). The Bertz CT molecular complexity index is 453. The molecule has 1 aromatic carbocycles. The first-order chi connectivity index (χ1) is 9.65. The molecule has 0 bridgehead atoms. The molecule has 0 aromatic heterocycles. The largest absolute Gasteiger partial charge is 0.384 e. The van der Waals surface area contributed by atoms with Gasteiger partial charge in [-0.15, -0.1) is 0 Å². The van der Waals surface area contributed by atoms with Gasteiger partial charge in [0.15, 0.2) is 0 Å². The topological polar surface area (TPSA) is 50.4 Å². The van der Waals surface area contributed by atoms with Crippen molar-refractivity contribution < 1.29 is 9.53 Å². The molecule has 0 radical (unpaired) electrons. The van der Waals surface area contributed by atoms with Crippen LogP contribution in [0.3, 0.4) is 0 Å². The minimum absolute atomic E-state index is 0.0275. The van der Waals surface area contributed by atoms with Crippen molar-refractivity contribution in [2.45, 2.75) is 12.8 Å². The second kappa shape index (κ2) is 7.20. The van der Waals surface area contributed by atoms with E-state index in [-0.39, 0.29) is 11.3 Å². The Morgan fingerprint density at radius 3 is 2.85 bits per heavy atom. The number of benzene rings is 1. The van der Waals surface area contributed by atoms with Gasteiger partial charge in [0.2, 0.25) is 0 Å². The Morgan fingerprint density at radius 2 is 2.20 bits per heavy atom. The zero-order valence-corrected chi connectivity index (χ0v) is 13.3. The summed E-state index contributed by atoms with van der Waals surface area (Å²) in [5.41, 5.74) is 0.739. The quantitative estimate of drug-likeness (QED) is 0.863. The number of carbonyl (C=O) groups is 1. The maximum atomic E-state index is 12.2. The summed E-state index contributed by atoms with van der Waals surface area (Å²) < 4.78 is 6.27. The fraction of sp³-hybridized carbons (Fsp3) is 0.533. The summed E-state index contributed by atoms with van der Waals surface area (Å²) in [6.45, 7) is 3.31. The molecule has 1 amide bonds. The maximum Gasteiger partial charge on any atom is 0.251 e. The number of carbonyl (C=O) groups excluding carboxylic acids is 1. The molecule has 0 aliphatic carbocycles. The van der Waals surface area contributed by atoms with Crippen LogP contribution in [0.25, 0.3) is 0 Å². The van der Waals surface area contributed by atoms with Crippen molar-refractivity contribution in [3.05, 3.63) is 34.3 Å². The predicted octanol–water partition coefficient (Wildman–Crippen LogP) is 2.20. The van der Waals surface area contributed by atoms with Gasteiger partial charge in [-0.05, 0) is 44.1 Å². The number of methoxy groups -OCH3 is 1. The second-order valence-corrected chi connectivity index (χ2v) is 6.29. The summed E-state index contributed by atoms with van der Waals surface area (Å²) in [4.78, 5) is 12.2. The van der Waals surface area contributed by atoms with Gasteiger partial charge >= 0.3 is 0 Å². The monoisotopic (exact) mass is 340 g/mol. The predicted molar refractivity (Wildman–Crippen MR) is 82.9 cm³/mol. The highest BCUT2D eigenvalue weighted by molar-refractivity contribution is 9.10. The van der Waals surface area contributed by atoms with E-state index in [2.05, 4.69) is 26.6 Å². The van der Waals surface area contributed by atoms with Crippen molar-refractivity contribution in [3.63, 3.8) is 0 Å². The van der Waals surface area contributed by atoms with Crippen molar-refractivity contribution in [2.24, 2.45) is 5.41 Å². The molecule has 2 N–H and O–H groups in total. The molecule has 1 heterocycles. The minimum atomic E-state index is -0.0275. The summed E-state index contributed by atoms with van der Waals surface area (Å²) in [7, 11) is 1.72. The summed E-state index contributed by atoms with van der Waals surface area (Å²) in [5, 5.41) is 6.40. The smallest absolute Gasteiger partial charge is 0.251 e.